The molecule has 0 amide bonds. The summed E-state index contributed by atoms with van der Waals surface area (Å²) in [7, 11) is 0. The maximum absolute atomic E-state index is 6.92. The Hall–Kier alpha value is -2.94. The molecule has 0 radical (unpaired) electrons. The van der Waals surface area contributed by atoms with Crippen LogP contribution in [0.5, 0.6) is 17.2 Å². The first kappa shape index (κ1) is 68.3. The average molecular weight is 1060 g/mol. The number of hydrogen-bond donors (Lipinski definition) is 0. The van der Waals surface area contributed by atoms with Gasteiger partial charge >= 0.3 is 0 Å². The van der Waals surface area contributed by atoms with Crippen LogP contribution in [0.4, 0.5) is 0 Å². The Labute approximate surface area is 479 Å². The van der Waals surface area contributed by atoms with E-state index in [1.54, 1.807) is 0 Å². The first-order chi connectivity index (χ1) is 38.1. The summed E-state index contributed by atoms with van der Waals surface area (Å²) in [6, 6.07) is 26.7. The van der Waals surface area contributed by atoms with Crippen LogP contribution >= 0.6 is 0 Å². The number of hydrogen-bond acceptors (Lipinski definition) is 3. The van der Waals surface area contributed by atoms with E-state index in [2.05, 4.69) is 100 Å². The van der Waals surface area contributed by atoms with Crippen LogP contribution in [0.1, 0.15) is 353 Å². The second-order valence-corrected chi connectivity index (χ2v) is 24.1. The van der Waals surface area contributed by atoms with Gasteiger partial charge in [0.15, 0.2) is 11.5 Å². The number of benzene rings is 3. The molecule has 0 bridgehead atoms. The molecule has 0 aliphatic heterocycles. The predicted molar refractivity (Wildman–Crippen MR) is 340 cm³/mol. The van der Waals surface area contributed by atoms with Crippen molar-refractivity contribution >= 4 is 0 Å². The Morgan fingerprint density at radius 3 is 0.688 bits per heavy atom. The number of rotatable bonds is 57. The minimum Gasteiger partial charge on any atom is -0.490 e. The first-order valence-electron chi connectivity index (χ1n) is 34.3. The largest absolute Gasteiger partial charge is 0.490 e. The van der Waals surface area contributed by atoms with E-state index in [1.165, 1.54) is 306 Å². The molecule has 0 saturated carbocycles. The van der Waals surface area contributed by atoms with Crippen molar-refractivity contribution < 1.29 is 14.2 Å². The summed E-state index contributed by atoms with van der Waals surface area (Å²) in [6.07, 6.45) is 65.6. The molecule has 0 aliphatic rings. The normalized spacial score (nSPS) is 11.7. The molecule has 440 valence electrons. The number of ether oxygens (including phenoxy) is 3. The Bertz CT molecular complexity index is 1590. The fraction of sp³-hybridized carbons (Fsp3) is 0.757. The van der Waals surface area contributed by atoms with Crippen molar-refractivity contribution in [3.63, 3.8) is 0 Å². The first-order valence-corrected chi connectivity index (χ1v) is 34.3. The smallest absolute Gasteiger partial charge is 0.203 e. The van der Waals surface area contributed by atoms with Gasteiger partial charge in [-0.3, -0.25) is 0 Å². The lowest BCUT2D eigenvalue weighted by atomic mass is 9.71. The van der Waals surface area contributed by atoms with Crippen LogP contribution in [0.3, 0.4) is 0 Å². The zero-order valence-electron chi connectivity index (χ0n) is 51.7. The van der Waals surface area contributed by atoms with Gasteiger partial charge in [-0.25, -0.2) is 0 Å². The summed E-state index contributed by atoms with van der Waals surface area (Å²) in [5.41, 5.74) is 3.31. The van der Waals surface area contributed by atoms with E-state index in [0.29, 0.717) is 19.8 Å². The number of unbranched alkanes of at least 4 members (excludes halogenated alkanes) is 45. The molecule has 77 heavy (non-hydrogen) atoms. The third-order valence-electron chi connectivity index (χ3n) is 17.1. The zero-order valence-corrected chi connectivity index (χ0v) is 51.7. The fourth-order valence-electron chi connectivity index (χ4n) is 11.8. The second-order valence-electron chi connectivity index (χ2n) is 24.1. The van der Waals surface area contributed by atoms with Crippen LogP contribution in [0.15, 0.2) is 72.8 Å². The molecule has 3 rings (SSSR count). The lowest BCUT2D eigenvalue weighted by Gasteiger charge is -2.33. The molecule has 0 N–H and O–H groups in total. The second kappa shape index (κ2) is 50.1. The summed E-state index contributed by atoms with van der Waals surface area (Å²) in [5, 5.41) is 0. The Balaban J connectivity index is 1.60. The summed E-state index contributed by atoms with van der Waals surface area (Å²) >= 11 is 0. The van der Waals surface area contributed by atoms with Gasteiger partial charge in [0.2, 0.25) is 5.75 Å². The third-order valence-corrected chi connectivity index (χ3v) is 17.1. The molecule has 3 aromatic rings. The van der Waals surface area contributed by atoms with E-state index in [-0.39, 0.29) is 0 Å². The molecule has 0 heterocycles. The van der Waals surface area contributed by atoms with E-state index in [4.69, 9.17) is 14.2 Å². The summed E-state index contributed by atoms with van der Waals surface area (Å²) < 4.78 is 20.7. The van der Waals surface area contributed by atoms with Gasteiger partial charge in [-0.2, -0.15) is 0 Å². The molecule has 3 aromatic carbocycles. The third kappa shape index (κ3) is 34.1. The van der Waals surface area contributed by atoms with Gasteiger partial charge < -0.3 is 14.2 Å². The Morgan fingerprint density at radius 2 is 0.455 bits per heavy atom. The maximum Gasteiger partial charge on any atom is 0.203 e. The minimum atomic E-state index is -0.409. The van der Waals surface area contributed by atoms with Crippen LogP contribution in [0, 0.1) is 0 Å². The molecular weight excluding hydrogens is 937 g/mol. The van der Waals surface area contributed by atoms with Crippen LogP contribution in [0.25, 0.3) is 0 Å². The highest BCUT2D eigenvalue weighted by molar-refractivity contribution is 5.60. The van der Waals surface area contributed by atoms with Gasteiger partial charge in [0.05, 0.1) is 19.8 Å². The van der Waals surface area contributed by atoms with Crippen molar-refractivity contribution in [2.24, 2.45) is 0 Å². The van der Waals surface area contributed by atoms with Gasteiger partial charge in [0.1, 0.15) is 0 Å². The summed E-state index contributed by atoms with van der Waals surface area (Å²) in [4.78, 5) is 0. The molecular formula is C74H126O3. The van der Waals surface area contributed by atoms with Gasteiger partial charge in [-0.1, -0.05) is 370 Å². The van der Waals surface area contributed by atoms with Crippen molar-refractivity contribution in [2.45, 2.75) is 341 Å². The van der Waals surface area contributed by atoms with Crippen LogP contribution < -0.4 is 14.2 Å². The molecule has 0 aromatic heterocycles. The van der Waals surface area contributed by atoms with E-state index in [1.807, 2.05) is 0 Å². The highest BCUT2D eigenvalue weighted by Gasteiger charge is 2.33. The van der Waals surface area contributed by atoms with Crippen molar-refractivity contribution in [1.29, 1.82) is 0 Å². The summed E-state index contributed by atoms with van der Waals surface area (Å²) in [6.45, 7) is 11.4. The van der Waals surface area contributed by atoms with E-state index in [0.717, 1.165) is 36.5 Å². The van der Waals surface area contributed by atoms with Crippen molar-refractivity contribution in [3.8, 4) is 17.2 Å². The Kier molecular flexibility index (Phi) is 44.4. The molecule has 3 nitrogen and oxygen atoms in total. The van der Waals surface area contributed by atoms with E-state index in [9.17, 15) is 0 Å². The highest BCUT2D eigenvalue weighted by Crippen LogP contribution is 2.47. The Morgan fingerprint density at radius 1 is 0.247 bits per heavy atom. The van der Waals surface area contributed by atoms with Crippen molar-refractivity contribution in [2.75, 3.05) is 19.8 Å². The molecule has 0 aliphatic carbocycles. The van der Waals surface area contributed by atoms with Gasteiger partial charge in [0, 0.05) is 5.41 Å². The molecule has 3 heteroatoms. The SMILES string of the molecule is CCCCCCCCCCCCCCCCCCOc1cc(C(C)(c2ccccc2)c2ccccc2)cc(OCCCCCCCCCCCCCCCCCC)c1OCCCCCCCCCCCCCCCCCC. The molecule has 0 spiro atoms. The standard InChI is InChI=1S/C74H126O3/c1-5-8-11-14-17-20-23-26-29-32-35-38-41-44-47-56-63-75-71-66-70(74(4,68-59-52-50-53-60-68)69-61-54-51-55-62-69)67-72(76-64-57-48-45-42-39-36-33-30-27-24-21-18-15-12-9-6-2)73(71)77-65-58-49-46-43-40-37-34-31-28-25-22-19-16-13-10-7-3/h50-55,59-62,66-67H,5-49,56-58,63-65H2,1-4H3. The van der Waals surface area contributed by atoms with Gasteiger partial charge in [0.25, 0.3) is 0 Å². The van der Waals surface area contributed by atoms with Gasteiger partial charge in [-0.15, -0.1) is 0 Å². The van der Waals surface area contributed by atoms with Crippen molar-refractivity contribution in [3.05, 3.63) is 89.5 Å². The zero-order chi connectivity index (χ0) is 54.6. The van der Waals surface area contributed by atoms with Crippen molar-refractivity contribution in [1.82, 2.24) is 0 Å². The lowest BCUT2D eigenvalue weighted by Crippen LogP contribution is -2.25. The van der Waals surface area contributed by atoms with Gasteiger partial charge in [-0.05, 0) is 55.0 Å². The molecule has 0 atom stereocenters. The van der Waals surface area contributed by atoms with E-state index < -0.39 is 5.41 Å². The van der Waals surface area contributed by atoms with E-state index >= 15 is 0 Å². The van der Waals surface area contributed by atoms with Crippen LogP contribution in [-0.2, 0) is 5.41 Å². The molecule has 0 unspecified atom stereocenters. The highest BCUT2D eigenvalue weighted by atomic mass is 16.5. The average Bonchev–Trinajstić information content (AvgIpc) is 3.55. The lowest BCUT2D eigenvalue weighted by molar-refractivity contribution is 0.233. The molecule has 0 saturated heterocycles. The fourth-order valence-corrected chi connectivity index (χ4v) is 11.8. The van der Waals surface area contributed by atoms with Crippen LogP contribution in [-0.4, -0.2) is 19.8 Å². The maximum atomic E-state index is 6.92. The quantitative estimate of drug-likeness (QED) is 0.0416. The molecule has 0 fully saturated rings. The predicted octanol–water partition coefficient (Wildman–Crippen LogP) is 25.0. The minimum absolute atomic E-state index is 0.409. The topological polar surface area (TPSA) is 27.7 Å². The summed E-state index contributed by atoms with van der Waals surface area (Å²) in [5.74, 6) is 2.51. The monoisotopic (exact) mass is 1060 g/mol. The van der Waals surface area contributed by atoms with Crippen LogP contribution in [0.2, 0.25) is 0 Å².